The van der Waals surface area contributed by atoms with Gasteiger partial charge in [-0.25, -0.2) is 9.97 Å². The van der Waals surface area contributed by atoms with Crippen LogP contribution in [-0.4, -0.2) is 56.5 Å². The van der Waals surface area contributed by atoms with Gasteiger partial charge in [0.25, 0.3) is 0 Å². The van der Waals surface area contributed by atoms with Crippen molar-refractivity contribution in [2.24, 2.45) is 0 Å². The van der Waals surface area contributed by atoms with Crippen molar-refractivity contribution in [3.63, 3.8) is 0 Å². The average Bonchev–Trinajstić information content (AvgIpc) is 2.96. The number of methoxy groups -OCH3 is 2. The third kappa shape index (κ3) is 4.04. The molecule has 0 bridgehead atoms. The first kappa shape index (κ1) is 14.0. The van der Waals surface area contributed by atoms with Crippen molar-refractivity contribution in [2.45, 2.75) is 18.9 Å². The minimum Gasteiger partial charge on any atom is -0.481 e. The molecule has 1 aliphatic heterocycles. The van der Waals surface area contributed by atoms with Gasteiger partial charge >= 0.3 is 0 Å². The molecule has 0 saturated carbocycles. The topological polar surface area (TPSA) is 59.5 Å². The smallest absolute Gasteiger partial charge is 0.218 e. The summed E-state index contributed by atoms with van der Waals surface area (Å²) in [5.74, 6) is 1.48. The van der Waals surface area contributed by atoms with Crippen LogP contribution in [0.4, 0.5) is 5.82 Å². The molecule has 1 aromatic heterocycles. The van der Waals surface area contributed by atoms with Gasteiger partial charge in [-0.05, 0) is 19.4 Å². The van der Waals surface area contributed by atoms with Crippen LogP contribution in [0.25, 0.3) is 0 Å². The molecule has 1 atom stereocenters. The lowest BCUT2D eigenvalue weighted by molar-refractivity contribution is 0.204. The Morgan fingerprint density at radius 2 is 2.32 bits per heavy atom. The van der Waals surface area contributed by atoms with E-state index in [1.807, 2.05) is 6.07 Å². The van der Waals surface area contributed by atoms with Gasteiger partial charge in [0.15, 0.2) is 0 Å². The van der Waals surface area contributed by atoms with Crippen molar-refractivity contribution < 1.29 is 9.47 Å². The van der Waals surface area contributed by atoms with E-state index in [0.29, 0.717) is 18.5 Å². The van der Waals surface area contributed by atoms with E-state index in [2.05, 4.69) is 20.2 Å². The molecule has 1 N–H and O–H groups in total. The zero-order valence-corrected chi connectivity index (χ0v) is 11.6. The number of ether oxygens (including phenoxy) is 2. The Labute approximate surface area is 114 Å². The first-order chi connectivity index (χ1) is 9.33. The Bertz CT molecular complexity index is 383. The summed E-state index contributed by atoms with van der Waals surface area (Å²) in [5.41, 5.74) is 0. The second-order valence-electron chi connectivity index (χ2n) is 4.65. The highest BCUT2D eigenvalue weighted by Crippen LogP contribution is 2.17. The number of hydrogen-bond acceptors (Lipinski definition) is 6. The van der Waals surface area contributed by atoms with Crippen molar-refractivity contribution in [1.29, 1.82) is 0 Å². The van der Waals surface area contributed by atoms with Gasteiger partial charge in [-0.1, -0.05) is 0 Å². The fourth-order valence-electron chi connectivity index (χ4n) is 2.29. The van der Waals surface area contributed by atoms with Crippen molar-refractivity contribution in [1.82, 2.24) is 15.3 Å². The van der Waals surface area contributed by atoms with E-state index in [0.717, 1.165) is 25.5 Å². The van der Waals surface area contributed by atoms with Crippen molar-refractivity contribution in [3.8, 4) is 5.88 Å². The molecule has 1 fully saturated rings. The van der Waals surface area contributed by atoms with Crippen LogP contribution in [0.2, 0.25) is 0 Å². The quantitative estimate of drug-likeness (QED) is 0.783. The van der Waals surface area contributed by atoms with Crippen LogP contribution in [0.1, 0.15) is 12.8 Å². The minimum atomic E-state index is 0.526. The third-order valence-electron chi connectivity index (χ3n) is 3.33. The molecule has 6 nitrogen and oxygen atoms in total. The van der Waals surface area contributed by atoms with Gasteiger partial charge in [-0.2, -0.15) is 0 Å². The van der Waals surface area contributed by atoms with E-state index < -0.39 is 0 Å². The monoisotopic (exact) mass is 266 g/mol. The molecule has 1 unspecified atom stereocenters. The molecule has 0 radical (unpaired) electrons. The molecule has 2 heterocycles. The van der Waals surface area contributed by atoms with Gasteiger partial charge in [0, 0.05) is 32.3 Å². The molecule has 0 aliphatic carbocycles. The lowest BCUT2D eigenvalue weighted by atomic mass is 10.2. The van der Waals surface area contributed by atoms with E-state index in [-0.39, 0.29) is 0 Å². The van der Waals surface area contributed by atoms with Crippen LogP contribution < -0.4 is 15.0 Å². The maximum Gasteiger partial charge on any atom is 0.218 e. The SMILES string of the molecule is COCCN(CC1CCCN1)c1cc(OC)ncn1. The van der Waals surface area contributed by atoms with Crippen LogP contribution in [-0.2, 0) is 4.74 Å². The van der Waals surface area contributed by atoms with Gasteiger partial charge in [-0.3, -0.25) is 0 Å². The molecule has 6 heteroatoms. The van der Waals surface area contributed by atoms with Gasteiger partial charge in [0.05, 0.1) is 13.7 Å². The van der Waals surface area contributed by atoms with Crippen LogP contribution in [0.3, 0.4) is 0 Å². The van der Waals surface area contributed by atoms with Crippen molar-refractivity contribution in [2.75, 3.05) is 45.4 Å². The summed E-state index contributed by atoms with van der Waals surface area (Å²) in [5, 5.41) is 3.50. The molecule has 0 spiro atoms. The fourth-order valence-corrected chi connectivity index (χ4v) is 2.29. The molecule has 1 saturated heterocycles. The predicted octanol–water partition coefficient (Wildman–Crippen LogP) is 0.690. The van der Waals surface area contributed by atoms with E-state index >= 15 is 0 Å². The van der Waals surface area contributed by atoms with Gasteiger partial charge in [-0.15, -0.1) is 0 Å². The van der Waals surface area contributed by atoms with E-state index in [1.165, 1.54) is 19.2 Å². The number of nitrogens with zero attached hydrogens (tertiary/aromatic N) is 3. The van der Waals surface area contributed by atoms with Crippen LogP contribution >= 0.6 is 0 Å². The largest absolute Gasteiger partial charge is 0.481 e. The highest BCUT2D eigenvalue weighted by molar-refractivity contribution is 5.41. The summed E-state index contributed by atoms with van der Waals surface area (Å²) < 4.78 is 10.3. The lowest BCUT2D eigenvalue weighted by Crippen LogP contribution is -2.39. The molecule has 0 aromatic carbocycles. The lowest BCUT2D eigenvalue weighted by Gasteiger charge is -2.26. The Balaban J connectivity index is 2.05. The number of hydrogen-bond donors (Lipinski definition) is 1. The van der Waals surface area contributed by atoms with Crippen LogP contribution in [0.5, 0.6) is 5.88 Å². The first-order valence-electron chi connectivity index (χ1n) is 6.67. The fraction of sp³-hybridized carbons (Fsp3) is 0.692. The normalized spacial score (nSPS) is 18.5. The zero-order chi connectivity index (χ0) is 13.5. The van der Waals surface area contributed by atoms with Crippen molar-refractivity contribution in [3.05, 3.63) is 12.4 Å². The molecule has 0 amide bonds. The van der Waals surface area contributed by atoms with Gasteiger partial charge in [0.2, 0.25) is 5.88 Å². The Kier molecular flexibility index (Phi) is 5.35. The van der Waals surface area contributed by atoms with Crippen LogP contribution in [0.15, 0.2) is 12.4 Å². The number of nitrogens with one attached hydrogen (secondary N) is 1. The standard InChI is InChI=1S/C13H22N4O2/c1-18-7-6-17(9-11-4-3-5-14-11)12-8-13(19-2)16-10-15-12/h8,10-11,14H,3-7,9H2,1-2H3. The molecule has 19 heavy (non-hydrogen) atoms. The second kappa shape index (κ2) is 7.25. The molecule has 1 aromatic rings. The average molecular weight is 266 g/mol. The molecule has 106 valence electrons. The predicted molar refractivity (Wildman–Crippen MR) is 73.7 cm³/mol. The number of anilines is 1. The Morgan fingerprint density at radius 3 is 3.00 bits per heavy atom. The molecule has 2 rings (SSSR count). The summed E-state index contributed by atoms with van der Waals surface area (Å²) in [6.45, 7) is 3.54. The molecule has 1 aliphatic rings. The maximum absolute atomic E-state index is 5.18. The summed E-state index contributed by atoms with van der Waals surface area (Å²) in [6.07, 6.45) is 4.00. The Hall–Kier alpha value is -1.40. The Morgan fingerprint density at radius 1 is 1.42 bits per heavy atom. The van der Waals surface area contributed by atoms with E-state index in [9.17, 15) is 0 Å². The highest BCUT2D eigenvalue weighted by Gasteiger charge is 2.19. The van der Waals surface area contributed by atoms with Crippen LogP contribution in [0, 0.1) is 0 Å². The highest BCUT2D eigenvalue weighted by atomic mass is 16.5. The van der Waals surface area contributed by atoms with Gasteiger partial charge in [0.1, 0.15) is 12.1 Å². The summed E-state index contributed by atoms with van der Waals surface area (Å²) in [6, 6.07) is 2.39. The van der Waals surface area contributed by atoms with Crippen molar-refractivity contribution >= 4 is 5.82 Å². The summed E-state index contributed by atoms with van der Waals surface area (Å²) in [7, 11) is 3.33. The zero-order valence-electron chi connectivity index (χ0n) is 11.6. The summed E-state index contributed by atoms with van der Waals surface area (Å²) >= 11 is 0. The third-order valence-corrected chi connectivity index (χ3v) is 3.33. The van der Waals surface area contributed by atoms with E-state index in [4.69, 9.17) is 9.47 Å². The van der Waals surface area contributed by atoms with Gasteiger partial charge < -0.3 is 19.7 Å². The van der Waals surface area contributed by atoms with E-state index in [1.54, 1.807) is 14.2 Å². The summed E-state index contributed by atoms with van der Waals surface area (Å²) in [4.78, 5) is 10.6. The second-order valence-corrected chi connectivity index (χ2v) is 4.65. The maximum atomic E-state index is 5.18. The first-order valence-corrected chi connectivity index (χ1v) is 6.67. The minimum absolute atomic E-state index is 0.526. The number of rotatable bonds is 7. The molecular weight excluding hydrogens is 244 g/mol. The number of aromatic nitrogens is 2. The molecular formula is C13H22N4O2.